The number of aliphatic imine (C=N–C) groups is 1. The Bertz CT molecular complexity index is 903. The van der Waals surface area contributed by atoms with Crippen LogP contribution in [0.15, 0.2) is 47.6 Å². The molecular weight excluding hydrogens is 402 g/mol. The standard InChI is InChI=1S/C24H35N7O/c1-5-25-24(27-17-19-6-8-21(9-7-19)23(32)29(2)3)28-18-20-10-11-26-22(16-20)31-14-12-30(4)13-15-31/h6-11,16H,5,12-15,17-18H2,1-4H3,(H2,25,27,28). The number of anilines is 1. The monoisotopic (exact) mass is 437 g/mol. The summed E-state index contributed by atoms with van der Waals surface area (Å²) < 4.78 is 0. The number of nitrogens with zero attached hydrogens (tertiary/aromatic N) is 5. The first-order valence-electron chi connectivity index (χ1n) is 11.2. The van der Waals surface area contributed by atoms with Crippen LogP contribution in [0, 0.1) is 0 Å². The van der Waals surface area contributed by atoms with Gasteiger partial charge in [0.15, 0.2) is 5.96 Å². The van der Waals surface area contributed by atoms with Gasteiger partial charge in [-0.2, -0.15) is 0 Å². The van der Waals surface area contributed by atoms with Crippen molar-refractivity contribution in [2.75, 3.05) is 58.8 Å². The Morgan fingerprint density at radius 2 is 1.78 bits per heavy atom. The third-order valence-corrected chi connectivity index (χ3v) is 5.47. The number of benzene rings is 1. The number of amides is 1. The van der Waals surface area contributed by atoms with Crippen LogP contribution in [-0.2, 0) is 13.1 Å². The lowest BCUT2D eigenvalue weighted by Gasteiger charge is -2.33. The molecule has 0 bridgehead atoms. The van der Waals surface area contributed by atoms with Gasteiger partial charge < -0.3 is 25.3 Å². The van der Waals surface area contributed by atoms with Crippen LogP contribution >= 0.6 is 0 Å². The molecule has 0 saturated carbocycles. The second-order valence-electron chi connectivity index (χ2n) is 8.26. The zero-order valence-corrected chi connectivity index (χ0v) is 19.6. The Morgan fingerprint density at radius 3 is 2.44 bits per heavy atom. The third-order valence-electron chi connectivity index (χ3n) is 5.47. The molecule has 32 heavy (non-hydrogen) atoms. The van der Waals surface area contributed by atoms with E-state index in [1.165, 1.54) is 0 Å². The minimum Gasteiger partial charge on any atom is -0.357 e. The molecule has 1 fully saturated rings. The minimum atomic E-state index is 0.00713. The Morgan fingerprint density at radius 1 is 1.06 bits per heavy atom. The maximum atomic E-state index is 12.0. The van der Waals surface area contributed by atoms with Crippen LogP contribution in [-0.4, -0.2) is 80.5 Å². The number of nitrogens with one attached hydrogen (secondary N) is 2. The molecule has 0 radical (unpaired) electrons. The lowest BCUT2D eigenvalue weighted by atomic mass is 10.1. The van der Waals surface area contributed by atoms with Crippen LogP contribution in [0.2, 0.25) is 0 Å². The molecule has 3 rings (SSSR count). The Labute approximate surface area is 191 Å². The lowest BCUT2D eigenvalue weighted by Crippen LogP contribution is -2.44. The van der Waals surface area contributed by atoms with E-state index in [0.29, 0.717) is 18.7 Å². The number of hydrogen-bond donors (Lipinski definition) is 2. The van der Waals surface area contributed by atoms with Crippen molar-refractivity contribution in [1.29, 1.82) is 0 Å². The minimum absolute atomic E-state index is 0.00713. The number of piperazine rings is 1. The highest BCUT2D eigenvalue weighted by Crippen LogP contribution is 2.15. The van der Waals surface area contributed by atoms with Crippen molar-refractivity contribution in [1.82, 2.24) is 25.4 Å². The molecule has 1 saturated heterocycles. The van der Waals surface area contributed by atoms with Crippen LogP contribution in [0.5, 0.6) is 0 Å². The summed E-state index contributed by atoms with van der Waals surface area (Å²) in [5.41, 5.74) is 2.91. The van der Waals surface area contributed by atoms with E-state index in [1.807, 2.05) is 36.5 Å². The predicted molar refractivity (Wildman–Crippen MR) is 130 cm³/mol. The van der Waals surface area contributed by atoms with Gasteiger partial charge in [0.25, 0.3) is 5.91 Å². The Balaban J connectivity index is 1.59. The summed E-state index contributed by atoms with van der Waals surface area (Å²) in [5.74, 6) is 1.79. The van der Waals surface area contributed by atoms with E-state index in [0.717, 1.165) is 55.6 Å². The second-order valence-corrected chi connectivity index (χ2v) is 8.26. The van der Waals surface area contributed by atoms with Gasteiger partial charge in [-0.1, -0.05) is 12.1 Å². The van der Waals surface area contributed by atoms with Gasteiger partial charge in [0, 0.05) is 65.1 Å². The zero-order chi connectivity index (χ0) is 22.9. The summed E-state index contributed by atoms with van der Waals surface area (Å²) in [6.45, 7) is 8.16. The highest BCUT2D eigenvalue weighted by atomic mass is 16.2. The van der Waals surface area contributed by atoms with Crippen molar-refractivity contribution in [2.24, 2.45) is 4.99 Å². The lowest BCUT2D eigenvalue weighted by molar-refractivity contribution is 0.0827. The molecule has 1 amide bonds. The van der Waals surface area contributed by atoms with Crippen molar-refractivity contribution in [3.8, 4) is 0 Å². The highest BCUT2D eigenvalue weighted by Gasteiger charge is 2.15. The second kappa shape index (κ2) is 11.5. The van der Waals surface area contributed by atoms with E-state index >= 15 is 0 Å². The van der Waals surface area contributed by atoms with Crippen molar-refractivity contribution in [3.63, 3.8) is 0 Å². The SMILES string of the molecule is CCNC(=NCc1ccnc(N2CCN(C)CC2)c1)NCc1ccc(C(=O)N(C)C)cc1. The number of pyridine rings is 1. The molecule has 0 spiro atoms. The van der Waals surface area contributed by atoms with E-state index in [2.05, 4.69) is 45.5 Å². The van der Waals surface area contributed by atoms with Gasteiger partial charge in [-0.05, 0) is 49.4 Å². The van der Waals surface area contributed by atoms with Gasteiger partial charge in [-0.15, -0.1) is 0 Å². The quantitative estimate of drug-likeness (QED) is 0.508. The molecule has 2 heterocycles. The summed E-state index contributed by atoms with van der Waals surface area (Å²) >= 11 is 0. The summed E-state index contributed by atoms with van der Waals surface area (Å²) in [6, 6.07) is 11.8. The molecular formula is C24H35N7O. The highest BCUT2D eigenvalue weighted by molar-refractivity contribution is 5.93. The zero-order valence-electron chi connectivity index (χ0n) is 19.6. The molecule has 1 aliphatic heterocycles. The number of aromatic nitrogens is 1. The summed E-state index contributed by atoms with van der Waals surface area (Å²) in [5, 5.41) is 6.67. The van der Waals surface area contributed by atoms with E-state index in [4.69, 9.17) is 4.99 Å². The normalized spacial score (nSPS) is 14.9. The van der Waals surface area contributed by atoms with Gasteiger partial charge in [0.1, 0.15) is 5.82 Å². The largest absolute Gasteiger partial charge is 0.357 e. The fraction of sp³-hybridized carbons (Fsp3) is 0.458. The van der Waals surface area contributed by atoms with Gasteiger partial charge >= 0.3 is 0 Å². The average Bonchev–Trinajstić information content (AvgIpc) is 2.81. The molecule has 8 nitrogen and oxygen atoms in total. The van der Waals surface area contributed by atoms with Crippen LogP contribution < -0.4 is 15.5 Å². The van der Waals surface area contributed by atoms with Crippen molar-refractivity contribution >= 4 is 17.7 Å². The average molecular weight is 438 g/mol. The van der Waals surface area contributed by atoms with E-state index in [1.54, 1.807) is 19.0 Å². The Hall–Kier alpha value is -3.13. The van der Waals surface area contributed by atoms with Gasteiger partial charge in [0.2, 0.25) is 0 Å². The first-order chi connectivity index (χ1) is 15.5. The van der Waals surface area contributed by atoms with Crippen LogP contribution in [0.1, 0.15) is 28.4 Å². The summed E-state index contributed by atoms with van der Waals surface area (Å²) in [7, 11) is 5.67. The van der Waals surface area contributed by atoms with Crippen LogP contribution in [0.3, 0.4) is 0 Å². The number of carbonyl (C=O) groups excluding carboxylic acids is 1. The maximum Gasteiger partial charge on any atom is 0.253 e. The van der Waals surface area contributed by atoms with Crippen LogP contribution in [0.25, 0.3) is 0 Å². The molecule has 0 atom stereocenters. The molecule has 172 valence electrons. The molecule has 2 N–H and O–H groups in total. The molecule has 0 unspecified atom stereocenters. The molecule has 1 aromatic heterocycles. The van der Waals surface area contributed by atoms with E-state index in [-0.39, 0.29) is 5.91 Å². The third kappa shape index (κ3) is 6.68. The van der Waals surface area contributed by atoms with Crippen molar-refractivity contribution < 1.29 is 4.79 Å². The van der Waals surface area contributed by atoms with Gasteiger partial charge in [-0.25, -0.2) is 9.98 Å². The fourth-order valence-electron chi connectivity index (χ4n) is 3.49. The number of hydrogen-bond acceptors (Lipinski definition) is 5. The Kier molecular flexibility index (Phi) is 8.44. The first kappa shape index (κ1) is 23.5. The molecule has 2 aromatic rings. The molecule has 1 aromatic carbocycles. The van der Waals surface area contributed by atoms with Crippen LogP contribution in [0.4, 0.5) is 5.82 Å². The van der Waals surface area contributed by atoms with Gasteiger partial charge in [0.05, 0.1) is 6.54 Å². The first-order valence-corrected chi connectivity index (χ1v) is 11.2. The summed E-state index contributed by atoms with van der Waals surface area (Å²) in [4.78, 5) is 27.6. The van der Waals surface area contributed by atoms with Crippen molar-refractivity contribution in [2.45, 2.75) is 20.0 Å². The number of rotatable bonds is 7. The topological polar surface area (TPSA) is 76.1 Å². The van der Waals surface area contributed by atoms with E-state index < -0.39 is 0 Å². The molecule has 0 aliphatic carbocycles. The fourth-order valence-corrected chi connectivity index (χ4v) is 3.49. The smallest absolute Gasteiger partial charge is 0.253 e. The molecule has 8 heteroatoms. The summed E-state index contributed by atoms with van der Waals surface area (Å²) in [6.07, 6.45) is 1.87. The van der Waals surface area contributed by atoms with Gasteiger partial charge in [-0.3, -0.25) is 4.79 Å². The molecule has 1 aliphatic rings. The maximum absolute atomic E-state index is 12.0. The number of guanidine groups is 1. The number of likely N-dealkylation sites (N-methyl/N-ethyl adjacent to an activating group) is 1. The predicted octanol–water partition coefficient (Wildman–Crippen LogP) is 1.79. The van der Waals surface area contributed by atoms with Crippen molar-refractivity contribution in [3.05, 3.63) is 59.3 Å². The number of carbonyl (C=O) groups is 1. The van der Waals surface area contributed by atoms with E-state index in [9.17, 15) is 4.79 Å².